The van der Waals surface area contributed by atoms with Crippen molar-refractivity contribution in [3.8, 4) is 0 Å². The van der Waals surface area contributed by atoms with Gasteiger partial charge in [0.2, 0.25) is 0 Å². The molecule has 2 rings (SSSR count). The summed E-state index contributed by atoms with van der Waals surface area (Å²) in [4.78, 5) is 16.4. The molecule has 0 saturated carbocycles. The van der Waals surface area contributed by atoms with Crippen LogP contribution in [0.3, 0.4) is 0 Å². The Morgan fingerprint density at radius 1 is 1.11 bits per heavy atom. The summed E-state index contributed by atoms with van der Waals surface area (Å²) < 4.78 is 0. The molecule has 0 aliphatic heterocycles. The van der Waals surface area contributed by atoms with Gasteiger partial charge in [-0.2, -0.15) is 0 Å². The number of amides is 1. The molecule has 0 fully saturated rings. The quantitative estimate of drug-likeness (QED) is 0.886. The Morgan fingerprint density at radius 2 is 1.79 bits per heavy atom. The summed E-state index contributed by atoms with van der Waals surface area (Å²) in [5.74, 6) is 0.555. The van der Waals surface area contributed by atoms with E-state index in [4.69, 9.17) is 0 Å². The van der Waals surface area contributed by atoms with E-state index in [0.29, 0.717) is 11.4 Å². The first-order valence-electron chi connectivity index (χ1n) is 6.13. The van der Waals surface area contributed by atoms with Gasteiger partial charge in [0.05, 0.1) is 0 Å². The highest BCUT2D eigenvalue weighted by Crippen LogP contribution is 2.13. The average molecular weight is 255 g/mol. The van der Waals surface area contributed by atoms with Crippen molar-refractivity contribution in [2.24, 2.45) is 0 Å². The lowest BCUT2D eigenvalue weighted by atomic mass is 10.2. The molecule has 1 aromatic heterocycles. The first kappa shape index (κ1) is 13.1. The smallest absolute Gasteiger partial charge is 0.255 e. The van der Waals surface area contributed by atoms with Crippen molar-refractivity contribution in [2.75, 3.05) is 17.7 Å². The number of carbonyl (C=O) groups excluding carboxylic acids is 1. The van der Waals surface area contributed by atoms with E-state index >= 15 is 0 Å². The Hall–Kier alpha value is -2.36. The summed E-state index contributed by atoms with van der Waals surface area (Å²) in [7, 11) is 1.78. The van der Waals surface area contributed by atoms with Crippen molar-refractivity contribution in [3.05, 3.63) is 53.2 Å². The van der Waals surface area contributed by atoms with E-state index in [9.17, 15) is 4.79 Å². The maximum absolute atomic E-state index is 12.2. The fourth-order valence-corrected chi connectivity index (χ4v) is 1.77. The number of carbonyl (C=O) groups is 1. The van der Waals surface area contributed by atoms with Crippen LogP contribution in [-0.4, -0.2) is 17.9 Å². The maximum Gasteiger partial charge on any atom is 0.255 e. The van der Waals surface area contributed by atoms with Gasteiger partial charge >= 0.3 is 0 Å². The SMILES string of the molecule is CNc1cc(C(=O)Nc2ccc(C)cc2)cc(C)n1. The van der Waals surface area contributed by atoms with Crippen LogP contribution in [0.5, 0.6) is 0 Å². The normalized spacial score (nSPS) is 10.1. The van der Waals surface area contributed by atoms with E-state index in [1.165, 1.54) is 0 Å². The fraction of sp³-hybridized carbons (Fsp3) is 0.200. The van der Waals surface area contributed by atoms with Crippen LogP contribution in [0.15, 0.2) is 36.4 Å². The third kappa shape index (κ3) is 3.31. The van der Waals surface area contributed by atoms with Gasteiger partial charge in [0.1, 0.15) is 5.82 Å². The van der Waals surface area contributed by atoms with Crippen LogP contribution in [0.25, 0.3) is 0 Å². The molecule has 2 N–H and O–H groups in total. The van der Waals surface area contributed by atoms with Gasteiger partial charge in [0, 0.05) is 24.0 Å². The summed E-state index contributed by atoms with van der Waals surface area (Å²) in [6.45, 7) is 3.88. The summed E-state index contributed by atoms with van der Waals surface area (Å²) in [5, 5.41) is 5.81. The maximum atomic E-state index is 12.2. The number of benzene rings is 1. The number of pyridine rings is 1. The van der Waals surface area contributed by atoms with Crippen molar-refractivity contribution in [1.82, 2.24) is 4.98 Å². The van der Waals surface area contributed by atoms with Crippen LogP contribution in [0.1, 0.15) is 21.6 Å². The third-order valence-corrected chi connectivity index (χ3v) is 2.78. The molecule has 4 nitrogen and oxygen atoms in total. The van der Waals surface area contributed by atoms with Crippen LogP contribution in [-0.2, 0) is 0 Å². The number of rotatable bonds is 3. The molecule has 0 unspecified atom stereocenters. The van der Waals surface area contributed by atoms with Gasteiger partial charge in [-0.15, -0.1) is 0 Å². The van der Waals surface area contributed by atoms with Crippen molar-refractivity contribution in [3.63, 3.8) is 0 Å². The minimum absolute atomic E-state index is 0.133. The molecule has 2 aromatic rings. The Morgan fingerprint density at radius 3 is 2.42 bits per heavy atom. The molecule has 0 radical (unpaired) electrons. The van der Waals surface area contributed by atoms with Crippen LogP contribution in [0.2, 0.25) is 0 Å². The van der Waals surface area contributed by atoms with Crippen molar-refractivity contribution in [1.29, 1.82) is 0 Å². The molecule has 0 aliphatic carbocycles. The van der Waals surface area contributed by atoms with Crippen LogP contribution in [0.4, 0.5) is 11.5 Å². The summed E-state index contributed by atoms with van der Waals surface area (Å²) >= 11 is 0. The van der Waals surface area contributed by atoms with Gasteiger partial charge < -0.3 is 10.6 Å². The van der Waals surface area contributed by atoms with Gasteiger partial charge in [-0.1, -0.05) is 17.7 Å². The van der Waals surface area contributed by atoms with Crippen molar-refractivity contribution in [2.45, 2.75) is 13.8 Å². The van der Waals surface area contributed by atoms with E-state index < -0.39 is 0 Å². The predicted octanol–water partition coefficient (Wildman–Crippen LogP) is 2.99. The molecular weight excluding hydrogens is 238 g/mol. The monoisotopic (exact) mass is 255 g/mol. The Balaban J connectivity index is 2.20. The highest BCUT2D eigenvalue weighted by atomic mass is 16.1. The van der Waals surface area contributed by atoms with Gasteiger partial charge in [-0.3, -0.25) is 4.79 Å². The Labute approximate surface area is 112 Å². The number of nitrogens with zero attached hydrogens (tertiary/aromatic N) is 1. The number of aromatic nitrogens is 1. The lowest BCUT2D eigenvalue weighted by molar-refractivity contribution is 0.102. The molecular formula is C15H17N3O. The Bertz CT molecular complexity index is 591. The number of nitrogens with one attached hydrogen (secondary N) is 2. The standard InChI is InChI=1S/C15H17N3O/c1-10-4-6-13(7-5-10)18-15(19)12-8-11(2)17-14(9-12)16-3/h4-9H,1-3H3,(H,16,17)(H,18,19). The first-order chi connectivity index (χ1) is 9.08. The zero-order valence-electron chi connectivity index (χ0n) is 11.3. The van der Waals surface area contributed by atoms with E-state index in [0.717, 1.165) is 16.9 Å². The molecule has 0 aliphatic rings. The van der Waals surface area contributed by atoms with Crippen molar-refractivity contribution < 1.29 is 4.79 Å². The number of hydrogen-bond donors (Lipinski definition) is 2. The molecule has 0 spiro atoms. The molecule has 1 heterocycles. The lowest BCUT2D eigenvalue weighted by Crippen LogP contribution is -2.13. The summed E-state index contributed by atoms with van der Waals surface area (Å²) in [5.41, 5.74) is 3.35. The molecule has 0 bridgehead atoms. The predicted molar refractivity (Wildman–Crippen MR) is 77.7 cm³/mol. The molecule has 1 aromatic carbocycles. The molecule has 0 atom stereocenters. The Kier molecular flexibility index (Phi) is 3.80. The molecule has 19 heavy (non-hydrogen) atoms. The van der Waals surface area contributed by atoms with Crippen LogP contribution >= 0.6 is 0 Å². The van der Waals surface area contributed by atoms with Gasteiger partial charge in [0.25, 0.3) is 5.91 Å². The van der Waals surface area contributed by atoms with Gasteiger partial charge in [-0.05, 0) is 38.1 Å². The second-order valence-electron chi connectivity index (χ2n) is 4.45. The summed E-state index contributed by atoms with van der Waals surface area (Å²) in [6.07, 6.45) is 0. The summed E-state index contributed by atoms with van der Waals surface area (Å²) in [6, 6.07) is 11.2. The molecule has 4 heteroatoms. The number of anilines is 2. The average Bonchev–Trinajstić information content (AvgIpc) is 2.40. The largest absolute Gasteiger partial charge is 0.373 e. The molecule has 0 saturated heterocycles. The number of aryl methyl sites for hydroxylation is 2. The topological polar surface area (TPSA) is 54.0 Å². The van der Waals surface area contributed by atoms with Gasteiger partial charge in [0.15, 0.2) is 0 Å². The minimum atomic E-state index is -0.133. The van der Waals surface area contributed by atoms with E-state index in [-0.39, 0.29) is 5.91 Å². The van der Waals surface area contributed by atoms with E-state index in [1.54, 1.807) is 19.2 Å². The second kappa shape index (κ2) is 5.52. The highest BCUT2D eigenvalue weighted by Gasteiger charge is 2.08. The number of hydrogen-bond acceptors (Lipinski definition) is 3. The zero-order chi connectivity index (χ0) is 13.8. The van der Waals surface area contributed by atoms with Crippen molar-refractivity contribution >= 4 is 17.4 Å². The lowest BCUT2D eigenvalue weighted by Gasteiger charge is -2.08. The van der Waals surface area contributed by atoms with Crippen LogP contribution in [0, 0.1) is 13.8 Å². The first-order valence-corrected chi connectivity index (χ1v) is 6.13. The molecule has 1 amide bonds. The minimum Gasteiger partial charge on any atom is -0.373 e. The molecule has 98 valence electrons. The zero-order valence-corrected chi connectivity index (χ0v) is 11.3. The van der Waals surface area contributed by atoms with E-state index in [2.05, 4.69) is 15.6 Å². The highest BCUT2D eigenvalue weighted by molar-refractivity contribution is 6.04. The fourth-order valence-electron chi connectivity index (χ4n) is 1.77. The van der Waals surface area contributed by atoms with E-state index in [1.807, 2.05) is 38.1 Å². The third-order valence-electron chi connectivity index (χ3n) is 2.78. The van der Waals surface area contributed by atoms with Crippen LogP contribution < -0.4 is 10.6 Å². The van der Waals surface area contributed by atoms with Gasteiger partial charge in [-0.25, -0.2) is 4.98 Å². The second-order valence-corrected chi connectivity index (χ2v) is 4.45.